The molecule has 0 bridgehead atoms. The van der Waals surface area contributed by atoms with Crippen LogP contribution in [0.25, 0.3) is 0 Å². The van der Waals surface area contributed by atoms with E-state index >= 15 is 0 Å². The largest absolute Gasteiger partial charge is 0.481 e. The fraction of sp³-hybridized carbons (Fsp3) is 0.389. The van der Waals surface area contributed by atoms with Crippen LogP contribution in [-0.4, -0.2) is 35.9 Å². The Morgan fingerprint density at radius 1 is 1.29 bits per heavy atom. The fourth-order valence-electron chi connectivity index (χ4n) is 3.53. The Morgan fingerprint density at radius 2 is 2.17 bits per heavy atom. The zero-order chi connectivity index (χ0) is 16.5. The lowest BCUT2D eigenvalue weighted by Crippen LogP contribution is -2.41. The molecular weight excluding hydrogens is 326 g/mol. The van der Waals surface area contributed by atoms with E-state index in [4.69, 9.17) is 9.47 Å². The summed E-state index contributed by atoms with van der Waals surface area (Å²) in [6.45, 7) is 1.74. The number of hydrogen-bond acceptors (Lipinski definition) is 5. The van der Waals surface area contributed by atoms with Crippen molar-refractivity contribution < 1.29 is 19.4 Å². The van der Waals surface area contributed by atoms with Crippen LogP contribution in [0.2, 0.25) is 0 Å². The highest BCUT2D eigenvalue weighted by molar-refractivity contribution is 7.10. The molecule has 1 N–H and O–H groups in total. The first-order valence-electron chi connectivity index (χ1n) is 8.12. The number of carbonyl (C=O) groups is 1. The number of likely N-dealkylation sites (tertiary alicyclic amines) is 1. The van der Waals surface area contributed by atoms with Crippen molar-refractivity contribution in [1.29, 1.82) is 0 Å². The lowest BCUT2D eigenvalue weighted by molar-refractivity contribution is -0.143. The van der Waals surface area contributed by atoms with E-state index < -0.39 is 5.97 Å². The molecular formula is C18H19NO4S. The number of aliphatic carboxylic acids is 1. The summed E-state index contributed by atoms with van der Waals surface area (Å²) in [6, 6.07) is 10.2. The van der Waals surface area contributed by atoms with Crippen LogP contribution in [0.3, 0.4) is 0 Å². The lowest BCUT2D eigenvalue weighted by Gasteiger charge is -2.37. The summed E-state index contributed by atoms with van der Waals surface area (Å²) in [5.74, 6) is 0.539. The molecule has 5 nitrogen and oxygen atoms in total. The number of ether oxygens (including phenoxy) is 2. The maximum atomic E-state index is 11.4. The van der Waals surface area contributed by atoms with Gasteiger partial charge < -0.3 is 14.6 Å². The summed E-state index contributed by atoms with van der Waals surface area (Å²) < 4.78 is 10.9. The van der Waals surface area contributed by atoms with Gasteiger partial charge in [-0.3, -0.25) is 9.69 Å². The first-order chi connectivity index (χ1) is 11.7. The molecule has 2 unspecified atom stereocenters. The fourth-order valence-corrected chi connectivity index (χ4v) is 4.41. The number of benzene rings is 1. The molecule has 2 atom stereocenters. The third-order valence-corrected chi connectivity index (χ3v) is 5.62. The first kappa shape index (κ1) is 15.5. The summed E-state index contributed by atoms with van der Waals surface area (Å²) in [7, 11) is 0. The van der Waals surface area contributed by atoms with Gasteiger partial charge in [0.1, 0.15) is 0 Å². The number of nitrogens with zero attached hydrogens (tertiary/aromatic N) is 1. The van der Waals surface area contributed by atoms with E-state index in [0.29, 0.717) is 6.54 Å². The van der Waals surface area contributed by atoms with E-state index in [1.165, 1.54) is 4.88 Å². The summed E-state index contributed by atoms with van der Waals surface area (Å²) in [5.41, 5.74) is 1.12. The van der Waals surface area contributed by atoms with Gasteiger partial charge in [0.15, 0.2) is 11.5 Å². The molecule has 0 saturated carbocycles. The van der Waals surface area contributed by atoms with Gasteiger partial charge in [-0.2, -0.15) is 0 Å². The van der Waals surface area contributed by atoms with Crippen molar-refractivity contribution >= 4 is 17.3 Å². The van der Waals surface area contributed by atoms with Crippen LogP contribution in [0.4, 0.5) is 0 Å². The second-order valence-electron chi connectivity index (χ2n) is 6.20. The number of thiophene rings is 1. The van der Waals surface area contributed by atoms with E-state index in [1.54, 1.807) is 11.3 Å². The minimum atomic E-state index is -0.699. The van der Waals surface area contributed by atoms with Gasteiger partial charge in [-0.05, 0) is 48.5 Å². The summed E-state index contributed by atoms with van der Waals surface area (Å²) in [6.07, 6.45) is 1.66. The standard InChI is InChI=1S/C18H19NO4S/c20-18(21)13-3-1-7-19(10-13)17(16-4-2-8-24-16)12-5-6-14-15(9-12)23-11-22-14/h2,4-6,8-9,13,17H,1,3,7,10-11H2,(H,20,21). The third kappa shape index (κ3) is 2.87. The normalized spacial score (nSPS) is 21.6. The lowest BCUT2D eigenvalue weighted by atomic mass is 9.94. The molecule has 3 heterocycles. The second kappa shape index (κ2) is 6.45. The van der Waals surface area contributed by atoms with Crippen molar-refractivity contribution in [2.24, 2.45) is 5.92 Å². The van der Waals surface area contributed by atoms with Gasteiger partial charge in [0.25, 0.3) is 0 Å². The summed E-state index contributed by atoms with van der Waals surface area (Å²) in [4.78, 5) is 14.9. The molecule has 1 aromatic heterocycles. The molecule has 2 aliphatic rings. The number of fused-ring (bicyclic) bond motifs is 1. The molecule has 2 aliphatic heterocycles. The molecule has 0 aliphatic carbocycles. The highest BCUT2D eigenvalue weighted by Gasteiger charge is 2.32. The average Bonchev–Trinajstić information content (AvgIpc) is 3.26. The smallest absolute Gasteiger partial charge is 0.307 e. The predicted molar refractivity (Wildman–Crippen MR) is 90.7 cm³/mol. The van der Waals surface area contributed by atoms with Gasteiger partial charge in [0, 0.05) is 11.4 Å². The van der Waals surface area contributed by atoms with E-state index in [-0.39, 0.29) is 18.8 Å². The zero-order valence-electron chi connectivity index (χ0n) is 13.2. The van der Waals surface area contributed by atoms with Crippen LogP contribution in [0.1, 0.15) is 29.3 Å². The van der Waals surface area contributed by atoms with Crippen LogP contribution in [0.15, 0.2) is 35.7 Å². The monoisotopic (exact) mass is 345 g/mol. The highest BCUT2D eigenvalue weighted by Crippen LogP contribution is 2.40. The SMILES string of the molecule is O=C(O)C1CCCN(C(c2ccc3c(c2)OCO3)c2cccs2)C1. The molecule has 1 fully saturated rings. The highest BCUT2D eigenvalue weighted by atomic mass is 32.1. The van der Waals surface area contributed by atoms with E-state index in [0.717, 1.165) is 36.4 Å². The molecule has 0 amide bonds. The van der Waals surface area contributed by atoms with Crippen LogP contribution >= 0.6 is 11.3 Å². The predicted octanol–water partition coefficient (Wildman–Crippen LogP) is 3.36. The van der Waals surface area contributed by atoms with Gasteiger partial charge in [0.05, 0.1) is 12.0 Å². The van der Waals surface area contributed by atoms with Crippen LogP contribution in [0.5, 0.6) is 11.5 Å². The van der Waals surface area contributed by atoms with E-state index in [1.807, 2.05) is 18.2 Å². The van der Waals surface area contributed by atoms with Crippen molar-refractivity contribution in [3.63, 3.8) is 0 Å². The second-order valence-corrected chi connectivity index (χ2v) is 7.18. The van der Waals surface area contributed by atoms with Crippen LogP contribution in [-0.2, 0) is 4.79 Å². The molecule has 0 spiro atoms. The number of hydrogen-bond donors (Lipinski definition) is 1. The maximum Gasteiger partial charge on any atom is 0.307 e. The van der Waals surface area contributed by atoms with Crippen molar-refractivity contribution in [2.45, 2.75) is 18.9 Å². The Bertz CT molecular complexity index is 731. The summed E-state index contributed by atoms with van der Waals surface area (Å²) >= 11 is 1.70. The molecule has 1 saturated heterocycles. The van der Waals surface area contributed by atoms with Gasteiger partial charge in [-0.1, -0.05) is 12.1 Å². The minimum Gasteiger partial charge on any atom is -0.481 e. The van der Waals surface area contributed by atoms with Gasteiger partial charge in [-0.15, -0.1) is 11.3 Å². The molecule has 126 valence electrons. The van der Waals surface area contributed by atoms with Crippen molar-refractivity contribution in [1.82, 2.24) is 4.90 Å². The van der Waals surface area contributed by atoms with Crippen molar-refractivity contribution in [2.75, 3.05) is 19.9 Å². The Labute approximate surface area is 144 Å². The van der Waals surface area contributed by atoms with E-state index in [9.17, 15) is 9.90 Å². The molecule has 0 radical (unpaired) electrons. The topological polar surface area (TPSA) is 59.0 Å². The quantitative estimate of drug-likeness (QED) is 0.921. The molecule has 2 aromatic rings. The average molecular weight is 345 g/mol. The minimum absolute atomic E-state index is 0.0571. The Balaban J connectivity index is 1.69. The van der Waals surface area contributed by atoms with Crippen molar-refractivity contribution in [3.8, 4) is 11.5 Å². The first-order valence-corrected chi connectivity index (χ1v) is 9.00. The Kier molecular flexibility index (Phi) is 4.16. The van der Waals surface area contributed by atoms with Gasteiger partial charge in [-0.25, -0.2) is 0 Å². The number of carboxylic acids is 1. The van der Waals surface area contributed by atoms with Crippen LogP contribution in [0, 0.1) is 5.92 Å². The Hall–Kier alpha value is -2.05. The molecule has 6 heteroatoms. The molecule has 4 rings (SSSR count). The number of rotatable bonds is 4. The maximum absolute atomic E-state index is 11.4. The van der Waals surface area contributed by atoms with Crippen LogP contribution < -0.4 is 9.47 Å². The zero-order valence-corrected chi connectivity index (χ0v) is 14.0. The van der Waals surface area contributed by atoms with Crippen molar-refractivity contribution in [3.05, 3.63) is 46.2 Å². The number of piperidine rings is 1. The molecule has 1 aromatic carbocycles. The third-order valence-electron chi connectivity index (χ3n) is 4.69. The van der Waals surface area contributed by atoms with Gasteiger partial charge in [0.2, 0.25) is 6.79 Å². The van der Waals surface area contributed by atoms with E-state index in [2.05, 4.69) is 22.4 Å². The van der Waals surface area contributed by atoms with Gasteiger partial charge >= 0.3 is 5.97 Å². The summed E-state index contributed by atoms with van der Waals surface area (Å²) in [5, 5.41) is 11.5. The molecule has 24 heavy (non-hydrogen) atoms. The number of carboxylic acid groups (broad SMARTS) is 1. The Morgan fingerprint density at radius 3 is 2.96 bits per heavy atom.